The topological polar surface area (TPSA) is 94.8 Å². The summed E-state index contributed by atoms with van der Waals surface area (Å²) in [6, 6.07) is 4.21. The van der Waals surface area contributed by atoms with E-state index in [1.807, 2.05) is 19.9 Å². The molecule has 0 fully saturated rings. The van der Waals surface area contributed by atoms with Crippen LogP contribution >= 0.6 is 0 Å². The van der Waals surface area contributed by atoms with Crippen LogP contribution in [-0.4, -0.2) is 23.7 Å². The van der Waals surface area contributed by atoms with Crippen LogP contribution in [0.15, 0.2) is 27.4 Å². The molecule has 1 aliphatic carbocycles. The van der Waals surface area contributed by atoms with Crippen molar-refractivity contribution in [2.45, 2.75) is 78.4 Å². The summed E-state index contributed by atoms with van der Waals surface area (Å²) in [4.78, 5) is 37.2. The number of rotatable bonds is 6. The molecule has 0 spiro atoms. The molecule has 0 radical (unpaired) electrons. The van der Waals surface area contributed by atoms with Crippen molar-refractivity contribution < 1.29 is 23.5 Å². The molecule has 31 heavy (non-hydrogen) atoms. The van der Waals surface area contributed by atoms with Crippen LogP contribution in [0.5, 0.6) is 5.75 Å². The zero-order chi connectivity index (χ0) is 22.8. The van der Waals surface area contributed by atoms with Gasteiger partial charge in [-0.3, -0.25) is 0 Å². The molecular weight excluding hydrogens is 398 g/mol. The number of hydrogen-bond acceptors (Lipinski definition) is 6. The average molecular weight is 430 g/mol. The number of carbonyl (C=O) groups is 2. The van der Waals surface area contributed by atoms with Gasteiger partial charge in [-0.05, 0) is 76.5 Å². The van der Waals surface area contributed by atoms with Gasteiger partial charge in [-0.15, -0.1) is 0 Å². The van der Waals surface area contributed by atoms with Crippen LogP contribution in [0.1, 0.15) is 65.0 Å². The van der Waals surface area contributed by atoms with Crippen molar-refractivity contribution in [1.29, 1.82) is 0 Å². The maximum atomic E-state index is 12.8. The Labute approximate surface area is 182 Å². The molecule has 168 valence electrons. The van der Waals surface area contributed by atoms with Crippen LogP contribution in [0.2, 0.25) is 0 Å². The van der Waals surface area contributed by atoms with Gasteiger partial charge >= 0.3 is 17.7 Å². The third-order valence-corrected chi connectivity index (χ3v) is 5.17. The van der Waals surface area contributed by atoms with E-state index in [2.05, 4.69) is 5.32 Å². The molecule has 0 bridgehead atoms. The van der Waals surface area contributed by atoms with Crippen molar-refractivity contribution in [3.63, 3.8) is 0 Å². The number of nitrogens with one attached hydrogen (secondary N) is 1. The summed E-state index contributed by atoms with van der Waals surface area (Å²) in [5, 5.41) is 3.49. The molecule has 1 N–H and O–H groups in total. The number of hydrogen-bond donors (Lipinski definition) is 1. The molecule has 0 aliphatic heterocycles. The molecule has 0 saturated carbocycles. The van der Waals surface area contributed by atoms with E-state index in [9.17, 15) is 14.4 Å². The minimum absolute atomic E-state index is 0.263. The summed E-state index contributed by atoms with van der Waals surface area (Å²) in [7, 11) is 0. The van der Waals surface area contributed by atoms with E-state index in [4.69, 9.17) is 13.9 Å². The Morgan fingerprint density at radius 2 is 1.84 bits per heavy atom. The minimum Gasteiger partial charge on any atom is -0.444 e. The Morgan fingerprint density at radius 1 is 1.13 bits per heavy atom. The number of amides is 1. The molecule has 1 heterocycles. The van der Waals surface area contributed by atoms with Crippen molar-refractivity contribution in [2.24, 2.45) is 5.92 Å². The number of esters is 1. The van der Waals surface area contributed by atoms with Crippen LogP contribution in [0.4, 0.5) is 4.79 Å². The minimum atomic E-state index is -0.847. The van der Waals surface area contributed by atoms with Gasteiger partial charge in [0.25, 0.3) is 0 Å². The second kappa shape index (κ2) is 9.12. The molecule has 1 aliphatic rings. The molecule has 3 rings (SSSR count). The fourth-order valence-electron chi connectivity index (χ4n) is 3.71. The molecular formula is C24H31NO6. The largest absolute Gasteiger partial charge is 0.444 e. The molecule has 2 aromatic rings. The number of ether oxygens (including phenoxy) is 2. The highest BCUT2D eigenvalue weighted by atomic mass is 16.6. The lowest BCUT2D eigenvalue weighted by Gasteiger charge is -2.23. The van der Waals surface area contributed by atoms with Crippen molar-refractivity contribution >= 4 is 23.0 Å². The monoisotopic (exact) mass is 429 g/mol. The highest BCUT2D eigenvalue weighted by molar-refractivity contribution is 5.86. The summed E-state index contributed by atoms with van der Waals surface area (Å²) < 4.78 is 16.3. The van der Waals surface area contributed by atoms with Crippen molar-refractivity contribution in [2.75, 3.05) is 0 Å². The third-order valence-electron chi connectivity index (χ3n) is 5.17. The first-order valence-corrected chi connectivity index (χ1v) is 10.8. The second-order valence-corrected chi connectivity index (χ2v) is 9.45. The summed E-state index contributed by atoms with van der Waals surface area (Å²) in [5.74, 6) is 0.0290. The number of fused-ring (bicyclic) bond motifs is 3. The van der Waals surface area contributed by atoms with Gasteiger partial charge in [0.05, 0.1) is 0 Å². The summed E-state index contributed by atoms with van der Waals surface area (Å²) >= 11 is 0. The first kappa shape index (κ1) is 22.8. The molecule has 1 aromatic carbocycles. The molecule has 1 aromatic heterocycles. The maximum absolute atomic E-state index is 12.8. The number of benzene rings is 1. The Morgan fingerprint density at radius 3 is 2.52 bits per heavy atom. The van der Waals surface area contributed by atoms with E-state index in [0.29, 0.717) is 17.9 Å². The summed E-state index contributed by atoms with van der Waals surface area (Å²) in [5.41, 5.74) is 1.16. The van der Waals surface area contributed by atoms with Crippen molar-refractivity contribution in [1.82, 2.24) is 5.32 Å². The second-order valence-electron chi connectivity index (χ2n) is 9.45. The Hall–Kier alpha value is -2.83. The Bertz CT molecular complexity index is 1030. The van der Waals surface area contributed by atoms with Gasteiger partial charge in [-0.25, -0.2) is 14.4 Å². The fourth-order valence-corrected chi connectivity index (χ4v) is 3.71. The van der Waals surface area contributed by atoms with Crippen molar-refractivity contribution in [3.05, 3.63) is 39.7 Å². The standard InChI is InChI=1S/C24H31NO6/c1-14(2)9-12-19(25-23(28)31-24(3,4)5)22(27)29-15-10-11-17-16-7-6-8-18(16)21(26)30-20(17)13-15/h10-11,13-14,19H,6-9,12H2,1-5H3,(H,25,28). The third kappa shape index (κ3) is 5.87. The normalized spacial score (nSPS) is 14.4. The smallest absolute Gasteiger partial charge is 0.408 e. The zero-order valence-corrected chi connectivity index (χ0v) is 18.9. The van der Waals surface area contributed by atoms with Gasteiger partial charge in [0, 0.05) is 17.0 Å². The highest BCUT2D eigenvalue weighted by Crippen LogP contribution is 2.29. The molecule has 1 atom stereocenters. The maximum Gasteiger partial charge on any atom is 0.408 e. The lowest BCUT2D eigenvalue weighted by molar-refractivity contribution is -0.137. The first-order chi connectivity index (χ1) is 14.5. The first-order valence-electron chi connectivity index (χ1n) is 10.8. The number of alkyl carbamates (subject to hydrolysis) is 1. The zero-order valence-electron chi connectivity index (χ0n) is 18.9. The van der Waals surface area contributed by atoms with Crippen molar-refractivity contribution in [3.8, 4) is 5.75 Å². The van der Waals surface area contributed by atoms with Gasteiger partial charge in [0.2, 0.25) is 0 Å². The number of aryl methyl sites for hydroxylation is 1. The molecule has 7 heteroatoms. The van der Waals surface area contributed by atoms with E-state index in [1.54, 1.807) is 32.9 Å². The molecule has 7 nitrogen and oxygen atoms in total. The van der Waals surface area contributed by atoms with E-state index < -0.39 is 23.7 Å². The van der Waals surface area contributed by atoms with Crippen LogP contribution in [-0.2, 0) is 22.4 Å². The average Bonchev–Trinajstić information content (AvgIpc) is 3.14. The van der Waals surface area contributed by atoms with Crippen LogP contribution in [0.25, 0.3) is 11.0 Å². The van der Waals surface area contributed by atoms with E-state index >= 15 is 0 Å². The van der Waals surface area contributed by atoms with Gasteiger partial charge in [0.15, 0.2) is 0 Å². The summed E-state index contributed by atoms with van der Waals surface area (Å²) in [6.45, 7) is 9.36. The van der Waals surface area contributed by atoms with E-state index in [1.165, 1.54) is 0 Å². The van der Waals surface area contributed by atoms with Gasteiger partial charge in [-0.1, -0.05) is 13.8 Å². The lowest BCUT2D eigenvalue weighted by Crippen LogP contribution is -2.45. The fraction of sp³-hybridized carbons (Fsp3) is 0.542. The predicted molar refractivity (Wildman–Crippen MR) is 117 cm³/mol. The summed E-state index contributed by atoms with van der Waals surface area (Å²) in [6.07, 6.45) is 2.99. The predicted octanol–water partition coefficient (Wildman–Crippen LogP) is 4.52. The van der Waals surface area contributed by atoms with E-state index in [-0.39, 0.29) is 11.4 Å². The highest BCUT2D eigenvalue weighted by Gasteiger charge is 2.26. The van der Waals surface area contributed by atoms with Gasteiger partial charge in [-0.2, -0.15) is 0 Å². The van der Waals surface area contributed by atoms with Gasteiger partial charge < -0.3 is 19.2 Å². The molecule has 0 saturated heterocycles. The van der Waals surface area contributed by atoms with E-state index in [0.717, 1.165) is 42.2 Å². The Balaban J connectivity index is 1.78. The van der Waals surface area contributed by atoms with Crippen LogP contribution in [0, 0.1) is 5.92 Å². The van der Waals surface area contributed by atoms with Crippen LogP contribution in [0.3, 0.4) is 0 Å². The lowest BCUT2D eigenvalue weighted by atomic mass is 10.0. The molecule has 1 unspecified atom stereocenters. The van der Waals surface area contributed by atoms with Gasteiger partial charge in [0.1, 0.15) is 23.0 Å². The Kier molecular flexibility index (Phi) is 6.72. The van der Waals surface area contributed by atoms with Crippen LogP contribution < -0.4 is 15.7 Å². The molecule has 1 amide bonds. The quantitative estimate of drug-likeness (QED) is 0.412. The number of carbonyl (C=O) groups excluding carboxylic acids is 2. The SMILES string of the molecule is CC(C)CCC(NC(=O)OC(C)(C)C)C(=O)Oc1ccc2c3c(c(=O)oc2c1)CCC3.